The smallest absolute Gasteiger partial charge is 0.351 e. The van der Waals surface area contributed by atoms with Crippen LogP contribution in [-0.2, 0) is 6.42 Å². The van der Waals surface area contributed by atoms with Crippen molar-refractivity contribution in [3.05, 3.63) is 45.8 Å². The number of carboxylic acid groups (broad SMARTS) is 1. The first kappa shape index (κ1) is 10.6. The molecule has 16 heavy (non-hydrogen) atoms. The number of hydrogen-bond donors (Lipinski definition) is 2. The van der Waals surface area contributed by atoms with Crippen LogP contribution in [0.25, 0.3) is 0 Å². The van der Waals surface area contributed by atoms with Crippen molar-refractivity contribution in [3.63, 3.8) is 0 Å². The van der Waals surface area contributed by atoms with Crippen LogP contribution in [0, 0.1) is 0 Å². The van der Waals surface area contributed by atoms with Gasteiger partial charge in [-0.2, -0.15) is 0 Å². The average molecular weight is 235 g/mol. The second kappa shape index (κ2) is 4.32. The summed E-state index contributed by atoms with van der Waals surface area (Å²) in [6, 6.07) is 9.57. The van der Waals surface area contributed by atoms with Crippen LogP contribution in [0.15, 0.2) is 30.3 Å². The van der Waals surface area contributed by atoms with Gasteiger partial charge in [0.25, 0.3) is 0 Å². The quantitative estimate of drug-likeness (QED) is 0.855. The molecule has 2 aromatic rings. The normalized spacial score (nSPS) is 10.2. The Hall–Kier alpha value is -1.88. The van der Waals surface area contributed by atoms with Crippen LogP contribution in [-0.4, -0.2) is 21.2 Å². The van der Waals surface area contributed by atoms with Crippen LogP contribution in [0.1, 0.15) is 20.2 Å². The first-order valence-electron chi connectivity index (χ1n) is 4.62. The Bertz CT molecular complexity index is 507. The molecule has 0 saturated heterocycles. The lowest BCUT2D eigenvalue weighted by Crippen LogP contribution is -1.91. The lowest BCUT2D eigenvalue weighted by molar-refractivity contribution is 0.0699. The number of nitrogens with zero attached hydrogens (tertiary/aromatic N) is 1. The van der Waals surface area contributed by atoms with Gasteiger partial charge in [-0.15, -0.1) is 11.3 Å². The minimum atomic E-state index is -1.14. The predicted octanol–water partition coefficient (Wildman–Crippen LogP) is 2.14. The van der Waals surface area contributed by atoms with Crippen molar-refractivity contribution in [1.29, 1.82) is 0 Å². The maximum Gasteiger partial charge on any atom is 0.351 e. The van der Waals surface area contributed by atoms with Gasteiger partial charge in [0.15, 0.2) is 4.88 Å². The topological polar surface area (TPSA) is 70.4 Å². The fraction of sp³-hybridized carbons (Fsp3) is 0.0909. The number of thiazole rings is 1. The second-order valence-electron chi connectivity index (χ2n) is 3.23. The van der Waals surface area contributed by atoms with E-state index in [1.54, 1.807) is 0 Å². The van der Waals surface area contributed by atoms with Crippen molar-refractivity contribution < 1.29 is 15.0 Å². The highest BCUT2D eigenvalue weighted by molar-refractivity contribution is 7.13. The summed E-state index contributed by atoms with van der Waals surface area (Å²) < 4.78 is 0. The number of rotatable bonds is 3. The number of aromatic hydroxyl groups is 1. The van der Waals surface area contributed by atoms with Crippen molar-refractivity contribution in [2.75, 3.05) is 0 Å². The zero-order chi connectivity index (χ0) is 11.5. The summed E-state index contributed by atoms with van der Waals surface area (Å²) in [5, 5.41) is 18.7. The van der Waals surface area contributed by atoms with E-state index in [1.807, 2.05) is 30.3 Å². The van der Waals surface area contributed by atoms with Gasteiger partial charge >= 0.3 is 5.97 Å². The summed E-state index contributed by atoms with van der Waals surface area (Å²) in [5.74, 6) is -1.54. The molecule has 2 rings (SSSR count). The van der Waals surface area contributed by atoms with Gasteiger partial charge in [-0.25, -0.2) is 9.78 Å². The van der Waals surface area contributed by atoms with Gasteiger partial charge in [0.2, 0.25) is 5.88 Å². The molecular formula is C11H9NO3S. The molecule has 0 spiro atoms. The zero-order valence-corrected chi connectivity index (χ0v) is 9.07. The molecule has 0 fully saturated rings. The summed E-state index contributed by atoms with van der Waals surface area (Å²) in [5.41, 5.74) is 1.04. The number of hydrogen-bond acceptors (Lipinski definition) is 4. The molecule has 4 nitrogen and oxygen atoms in total. The third-order valence-electron chi connectivity index (χ3n) is 2.05. The molecule has 82 valence electrons. The third-order valence-corrected chi connectivity index (χ3v) is 3.08. The third kappa shape index (κ3) is 2.20. The van der Waals surface area contributed by atoms with Crippen molar-refractivity contribution >= 4 is 17.3 Å². The summed E-state index contributed by atoms with van der Waals surface area (Å²) in [6.45, 7) is 0. The van der Waals surface area contributed by atoms with E-state index in [1.165, 1.54) is 0 Å². The lowest BCUT2D eigenvalue weighted by atomic mass is 10.2. The standard InChI is InChI=1S/C11H9NO3S/c13-10-9(11(14)15)16-8(12-10)6-7-4-2-1-3-5-7/h1-5,13H,6H2,(H,14,15). The number of aromatic nitrogens is 1. The molecule has 1 heterocycles. The van der Waals surface area contributed by atoms with Gasteiger partial charge in [-0.1, -0.05) is 30.3 Å². The molecule has 0 aliphatic heterocycles. The van der Waals surface area contributed by atoms with Crippen LogP contribution in [0.2, 0.25) is 0 Å². The Labute approximate surface area is 95.8 Å². The van der Waals surface area contributed by atoms with E-state index in [4.69, 9.17) is 5.11 Å². The van der Waals surface area contributed by atoms with Crippen LogP contribution in [0.4, 0.5) is 0 Å². The molecule has 0 saturated carbocycles. The number of aromatic carboxylic acids is 1. The summed E-state index contributed by atoms with van der Waals surface area (Å²) in [7, 11) is 0. The first-order chi connectivity index (χ1) is 7.66. The Morgan fingerprint density at radius 3 is 2.56 bits per heavy atom. The monoisotopic (exact) mass is 235 g/mol. The molecule has 0 bridgehead atoms. The highest BCUT2D eigenvalue weighted by atomic mass is 32.1. The summed E-state index contributed by atoms with van der Waals surface area (Å²) in [6.07, 6.45) is 0.534. The van der Waals surface area contributed by atoms with Crippen molar-refractivity contribution in [2.45, 2.75) is 6.42 Å². The first-order valence-corrected chi connectivity index (χ1v) is 5.44. The van der Waals surface area contributed by atoms with Gasteiger partial charge in [0, 0.05) is 6.42 Å². The van der Waals surface area contributed by atoms with E-state index in [0.717, 1.165) is 16.9 Å². The molecule has 5 heteroatoms. The Kier molecular flexibility index (Phi) is 2.87. The Balaban J connectivity index is 2.23. The zero-order valence-electron chi connectivity index (χ0n) is 8.25. The van der Waals surface area contributed by atoms with E-state index in [9.17, 15) is 9.90 Å². The van der Waals surface area contributed by atoms with Crippen molar-refractivity contribution in [1.82, 2.24) is 4.98 Å². The minimum Gasteiger partial charge on any atom is -0.492 e. The summed E-state index contributed by atoms with van der Waals surface area (Å²) >= 11 is 1.00. The fourth-order valence-electron chi connectivity index (χ4n) is 1.34. The Morgan fingerprint density at radius 2 is 2.00 bits per heavy atom. The minimum absolute atomic E-state index is 0.106. The number of carboxylic acids is 1. The average Bonchev–Trinajstić information content (AvgIpc) is 2.61. The van der Waals surface area contributed by atoms with E-state index in [2.05, 4.69) is 4.98 Å². The van der Waals surface area contributed by atoms with Gasteiger partial charge in [0.05, 0.1) is 0 Å². The predicted molar refractivity (Wildman–Crippen MR) is 60.0 cm³/mol. The van der Waals surface area contributed by atoms with Crippen LogP contribution >= 0.6 is 11.3 Å². The molecule has 0 aliphatic carbocycles. The largest absolute Gasteiger partial charge is 0.492 e. The van der Waals surface area contributed by atoms with Gasteiger partial charge in [0.1, 0.15) is 5.01 Å². The van der Waals surface area contributed by atoms with Crippen molar-refractivity contribution in [3.8, 4) is 5.88 Å². The molecule has 0 aliphatic rings. The van der Waals surface area contributed by atoms with Crippen LogP contribution in [0.3, 0.4) is 0 Å². The molecule has 0 radical (unpaired) electrons. The highest BCUT2D eigenvalue weighted by Crippen LogP contribution is 2.25. The van der Waals surface area contributed by atoms with E-state index >= 15 is 0 Å². The maximum absolute atomic E-state index is 10.7. The molecule has 2 N–H and O–H groups in total. The molecule has 0 amide bonds. The molecule has 1 aromatic carbocycles. The molecule has 0 unspecified atom stereocenters. The highest BCUT2D eigenvalue weighted by Gasteiger charge is 2.16. The van der Waals surface area contributed by atoms with E-state index < -0.39 is 11.8 Å². The summed E-state index contributed by atoms with van der Waals surface area (Å²) in [4.78, 5) is 14.4. The lowest BCUT2D eigenvalue weighted by Gasteiger charge is -1.95. The molecule has 1 aromatic heterocycles. The Morgan fingerprint density at radius 1 is 1.31 bits per heavy atom. The van der Waals surface area contributed by atoms with E-state index in [-0.39, 0.29) is 4.88 Å². The van der Waals surface area contributed by atoms with E-state index in [0.29, 0.717) is 11.4 Å². The van der Waals surface area contributed by atoms with Gasteiger partial charge in [-0.3, -0.25) is 0 Å². The fourth-order valence-corrected chi connectivity index (χ4v) is 2.17. The molecule has 0 atom stereocenters. The van der Waals surface area contributed by atoms with Gasteiger partial charge in [-0.05, 0) is 5.56 Å². The SMILES string of the molecule is O=C(O)c1sc(Cc2ccccc2)nc1O. The number of benzene rings is 1. The second-order valence-corrected chi connectivity index (χ2v) is 4.31. The van der Waals surface area contributed by atoms with Gasteiger partial charge < -0.3 is 10.2 Å². The van der Waals surface area contributed by atoms with Crippen LogP contribution < -0.4 is 0 Å². The molecular weight excluding hydrogens is 226 g/mol. The van der Waals surface area contributed by atoms with Crippen molar-refractivity contribution in [2.24, 2.45) is 0 Å². The number of carbonyl (C=O) groups is 1. The van der Waals surface area contributed by atoms with Crippen LogP contribution in [0.5, 0.6) is 5.88 Å². The maximum atomic E-state index is 10.7.